The summed E-state index contributed by atoms with van der Waals surface area (Å²) >= 11 is 0. The molecule has 152 valence electrons. The Kier molecular flexibility index (Phi) is 8.22. The summed E-state index contributed by atoms with van der Waals surface area (Å²) in [5.41, 5.74) is 5.54. The van der Waals surface area contributed by atoms with Crippen molar-refractivity contribution in [3.05, 3.63) is 29.8 Å². The Labute approximate surface area is 166 Å². The Morgan fingerprint density at radius 1 is 1.33 bits per heavy atom. The van der Waals surface area contributed by atoms with Crippen LogP contribution in [-0.2, 0) is 14.8 Å². The lowest BCUT2D eigenvalue weighted by molar-refractivity contribution is -0.122. The number of hydrogen-bond donors (Lipinski definition) is 3. The molecule has 0 radical (unpaired) electrons. The lowest BCUT2D eigenvalue weighted by Crippen LogP contribution is -2.53. The highest BCUT2D eigenvalue weighted by molar-refractivity contribution is 7.89. The number of hydrogen-bond acceptors (Lipinski definition) is 5. The third kappa shape index (κ3) is 5.19. The van der Waals surface area contributed by atoms with Gasteiger partial charge in [-0.25, -0.2) is 8.42 Å². The first kappa shape index (κ1) is 23.4. The molecule has 1 saturated heterocycles. The van der Waals surface area contributed by atoms with Gasteiger partial charge >= 0.3 is 0 Å². The maximum Gasteiger partial charge on any atom is 0.251 e. The molecule has 0 unspecified atom stereocenters. The fraction of sp³-hybridized carbons (Fsp3) is 0.529. The van der Waals surface area contributed by atoms with E-state index in [9.17, 15) is 18.0 Å². The predicted molar refractivity (Wildman–Crippen MR) is 105 cm³/mol. The fourth-order valence-corrected chi connectivity index (χ4v) is 4.29. The number of nitrogens with one attached hydrogen (secondary N) is 2. The van der Waals surface area contributed by atoms with E-state index < -0.39 is 15.6 Å². The van der Waals surface area contributed by atoms with Crippen LogP contribution in [0.5, 0.6) is 0 Å². The first-order valence-electron chi connectivity index (χ1n) is 8.67. The molecule has 1 aromatic carbocycles. The molecule has 0 atom stereocenters. The standard InChI is InChI=1S/C17H26N4O4S.ClH/c1-3-17(4-2,12-18)20-16(23)13-6-5-7-14(10-13)26(24,25)21-9-8-19-15(22)11-21;/h5-7,10H,3-4,8-9,11-12,18H2,1-2H3,(H,19,22)(H,20,23);1H. The summed E-state index contributed by atoms with van der Waals surface area (Å²) in [5, 5.41) is 5.51. The van der Waals surface area contributed by atoms with E-state index in [1.807, 2.05) is 13.8 Å². The molecule has 0 bridgehead atoms. The van der Waals surface area contributed by atoms with Crippen molar-refractivity contribution in [2.24, 2.45) is 5.73 Å². The second kappa shape index (κ2) is 9.50. The van der Waals surface area contributed by atoms with Crippen molar-refractivity contribution < 1.29 is 18.0 Å². The molecule has 2 rings (SSSR count). The number of amides is 2. The molecule has 1 aromatic rings. The van der Waals surface area contributed by atoms with Gasteiger partial charge in [-0.3, -0.25) is 9.59 Å². The number of nitrogens with two attached hydrogens (primary N) is 1. The fourth-order valence-electron chi connectivity index (χ4n) is 2.85. The van der Waals surface area contributed by atoms with Gasteiger partial charge in [-0.2, -0.15) is 4.31 Å². The van der Waals surface area contributed by atoms with Crippen LogP contribution in [0.2, 0.25) is 0 Å². The van der Waals surface area contributed by atoms with Crippen LogP contribution in [0.1, 0.15) is 37.0 Å². The number of carbonyl (C=O) groups excluding carboxylic acids is 2. The first-order chi connectivity index (χ1) is 12.3. The maximum atomic E-state index is 12.8. The van der Waals surface area contributed by atoms with Crippen molar-refractivity contribution in [3.63, 3.8) is 0 Å². The second-order valence-corrected chi connectivity index (χ2v) is 8.30. The molecule has 1 heterocycles. The first-order valence-corrected chi connectivity index (χ1v) is 10.1. The zero-order valence-corrected chi connectivity index (χ0v) is 17.2. The molecule has 27 heavy (non-hydrogen) atoms. The average Bonchev–Trinajstić information content (AvgIpc) is 2.66. The van der Waals surface area contributed by atoms with Gasteiger partial charge in [0, 0.05) is 25.2 Å². The quantitative estimate of drug-likeness (QED) is 0.594. The van der Waals surface area contributed by atoms with Crippen molar-refractivity contribution in [1.29, 1.82) is 0 Å². The van der Waals surface area contributed by atoms with Crippen LogP contribution in [0.3, 0.4) is 0 Å². The maximum absolute atomic E-state index is 12.8. The molecule has 1 aliphatic heterocycles. The normalized spacial score (nSPS) is 15.6. The van der Waals surface area contributed by atoms with E-state index in [0.29, 0.717) is 19.4 Å². The van der Waals surface area contributed by atoms with E-state index in [1.165, 1.54) is 18.2 Å². The Morgan fingerprint density at radius 2 is 2.00 bits per heavy atom. The molecule has 2 amide bonds. The monoisotopic (exact) mass is 418 g/mol. The number of sulfonamides is 1. The molecular weight excluding hydrogens is 392 g/mol. The van der Waals surface area contributed by atoms with E-state index in [4.69, 9.17) is 5.73 Å². The highest BCUT2D eigenvalue weighted by Gasteiger charge is 2.30. The lowest BCUT2D eigenvalue weighted by Gasteiger charge is -2.31. The van der Waals surface area contributed by atoms with Crippen LogP contribution in [0.25, 0.3) is 0 Å². The van der Waals surface area contributed by atoms with Crippen molar-refractivity contribution in [1.82, 2.24) is 14.9 Å². The summed E-state index contributed by atoms with van der Waals surface area (Å²) in [5.74, 6) is -0.708. The number of rotatable bonds is 7. The van der Waals surface area contributed by atoms with Crippen LogP contribution in [0, 0.1) is 0 Å². The Hall–Kier alpha value is -1.68. The predicted octanol–water partition coefficient (Wildman–Crippen LogP) is 0.476. The molecule has 10 heteroatoms. The lowest BCUT2D eigenvalue weighted by atomic mass is 9.92. The summed E-state index contributed by atoms with van der Waals surface area (Å²) in [6.45, 7) is 4.43. The summed E-state index contributed by atoms with van der Waals surface area (Å²) in [7, 11) is -3.84. The number of piperazine rings is 1. The summed E-state index contributed by atoms with van der Waals surface area (Å²) in [6, 6.07) is 5.84. The van der Waals surface area contributed by atoms with Crippen molar-refractivity contribution in [3.8, 4) is 0 Å². The number of nitrogens with zero attached hydrogens (tertiary/aromatic N) is 1. The number of carbonyl (C=O) groups is 2. The van der Waals surface area contributed by atoms with E-state index in [2.05, 4.69) is 10.6 Å². The van der Waals surface area contributed by atoms with Crippen LogP contribution in [0.4, 0.5) is 0 Å². The molecule has 4 N–H and O–H groups in total. The Bertz CT molecular complexity index is 773. The summed E-state index contributed by atoms with van der Waals surface area (Å²) < 4.78 is 26.6. The van der Waals surface area contributed by atoms with Gasteiger partial charge in [-0.05, 0) is 31.0 Å². The van der Waals surface area contributed by atoms with Crippen molar-refractivity contribution >= 4 is 34.2 Å². The zero-order valence-electron chi connectivity index (χ0n) is 15.5. The molecule has 0 saturated carbocycles. The topological polar surface area (TPSA) is 122 Å². The molecule has 0 aliphatic carbocycles. The van der Waals surface area contributed by atoms with Gasteiger partial charge in [0.05, 0.1) is 17.0 Å². The highest BCUT2D eigenvalue weighted by atomic mass is 35.5. The molecule has 0 aromatic heterocycles. The van der Waals surface area contributed by atoms with Gasteiger partial charge < -0.3 is 16.4 Å². The minimum absolute atomic E-state index is 0. The Morgan fingerprint density at radius 3 is 2.56 bits per heavy atom. The molecule has 1 aliphatic rings. The number of benzene rings is 1. The van der Waals surface area contributed by atoms with E-state index >= 15 is 0 Å². The smallest absolute Gasteiger partial charge is 0.251 e. The minimum atomic E-state index is -3.84. The second-order valence-electron chi connectivity index (χ2n) is 6.36. The molecule has 8 nitrogen and oxygen atoms in total. The number of halogens is 1. The van der Waals surface area contributed by atoms with E-state index in [-0.39, 0.29) is 54.3 Å². The van der Waals surface area contributed by atoms with Gasteiger partial charge in [0.1, 0.15) is 0 Å². The van der Waals surface area contributed by atoms with Crippen LogP contribution in [0.15, 0.2) is 29.2 Å². The average molecular weight is 419 g/mol. The van der Waals surface area contributed by atoms with E-state index in [1.54, 1.807) is 6.07 Å². The minimum Gasteiger partial charge on any atom is -0.354 e. The van der Waals surface area contributed by atoms with Crippen molar-refractivity contribution in [2.45, 2.75) is 37.1 Å². The van der Waals surface area contributed by atoms with Crippen LogP contribution < -0.4 is 16.4 Å². The van der Waals surface area contributed by atoms with Gasteiger partial charge in [0.2, 0.25) is 15.9 Å². The third-order valence-corrected chi connectivity index (χ3v) is 6.70. The molecule has 1 fully saturated rings. The molecular formula is C17H27ClN4O4S. The summed E-state index contributed by atoms with van der Waals surface area (Å²) in [4.78, 5) is 24.1. The van der Waals surface area contributed by atoms with Crippen LogP contribution >= 0.6 is 12.4 Å². The van der Waals surface area contributed by atoms with Gasteiger partial charge in [0.15, 0.2) is 0 Å². The van der Waals surface area contributed by atoms with Gasteiger partial charge in [0.25, 0.3) is 5.91 Å². The van der Waals surface area contributed by atoms with Crippen molar-refractivity contribution in [2.75, 3.05) is 26.2 Å². The van der Waals surface area contributed by atoms with Gasteiger partial charge in [-0.15, -0.1) is 12.4 Å². The van der Waals surface area contributed by atoms with E-state index in [0.717, 1.165) is 4.31 Å². The largest absolute Gasteiger partial charge is 0.354 e. The SMILES string of the molecule is CCC(CC)(CN)NC(=O)c1cccc(S(=O)(=O)N2CCNC(=O)C2)c1.Cl. The highest BCUT2D eigenvalue weighted by Crippen LogP contribution is 2.19. The molecule has 0 spiro atoms. The Balaban J connectivity index is 0.00000364. The van der Waals surface area contributed by atoms with Crippen LogP contribution in [-0.4, -0.2) is 56.3 Å². The van der Waals surface area contributed by atoms with Gasteiger partial charge in [-0.1, -0.05) is 19.9 Å². The zero-order chi connectivity index (χ0) is 19.4. The third-order valence-electron chi connectivity index (χ3n) is 4.86. The summed E-state index contributed by atoms with van der Waals surface area (Å²) in [6.07, 6.45) is 1.35.